The van der Waals surface area contributed by atoms with Gasteiger partial charge in [0.2, 0.25) is 5.03 Å². The first-order valence-corrected chi connectivity index (χ1v) is 9.04. The van der Waals surface area contributed by atoms with Crippen molar-refractivity contribution in [2.75, 3.05) is 6.54 Å². The van der Waals surface area contributed by atoms with Gasteiger partial charge in [0.1, 0.15) is 5.15 Å². The summed E-state index contributed by atoms with van der Waals surface area (Å²) in [5.41, 5.74) is 1.14. The smallest absolute Gasteiger partial charge is 0.263 e. The molecule has 3 rings (SSSR count). The summed E-state index contributed by atoms with van der Waals surface area (Å²) in [6.07, 6.45) is 3.86. The lowest BCUT2D eigenvalue weighted by atomic mass is 10.1. The minimum absolute atomic E-state index is 0.0366. The van der Waals surface area contributed by atoms with E-state index in [0.717, 1.165) is 18.4 Å². The normalized spacial score (nSPS) is 19.6. The van der Waals surface area contributed by atoms with E-state index in [9.17, 15) is 8.42 Å². The van der Waals surface area contributed by atoms with Crippen LogP contribution in [0.3, 0.4) is 0 Å². The van der Waals surface area contributed by atoms with Crippen LogP contribution in [0.4, 0.5) is 0 Å². The fourth-order valence-corrected chi connectivity index (χ4v) is 4.98. The van der Waals surface area contributed by atoms with Crippen molar-refractivity contribution in [3.05, 3.63) is 47.4 Å². The van der Waals surface area contributed by atoms with E-state index >= 15 is 0 Å². The Kier molecular flexibility index (Phi) is 4.25. The molecule has 5 nitrogen and oxygen atoms in total. The molecule has 2 aromatic rings. The van der Waals surface area contributed by atoms with E-state index in [-0.39, 0.29) is 16.2 Å². The number of imidazole rings is 1. The highest BCUT2D eigenvalue weighted by Crippen LogP contribution is 2.30. The number of benzene rings is 1. The SMILES string of the molecule is Cn1cnc(S(=O)(=O)N2CCC[C@@H]2Cc2ccccc2)c1Cl. The maximum atomic E-state index is 12.8. The molecule has 0 N–H and O–H groups in total. The zero-order chi connectivity index (χ0) is 15.7. The summed E-state index contributed by atoms with van der Waals surface area (Å²) in [4.78, 5) is 3.97. The Morgan fingerprint density at radius 2 is 2.05 bits per heavy atom. The lowest BCUT2D eigenvalue weighted by Gasteiger charge is -2.23. The molecule has 2 heterocycles. The van der Waals surface area contributed by atoms with Crippen LogP contribution in [0, 0.1) is 0 Å². The van der Waals surface area contributed by atoms with Gasteiger partial charge in [-0.1, -0.05) is 41.9 Å². The van der Waals surface area contributed by atoms with Gasteiger partial charge in [0, 0.05) is 19.6 Å². The molecule has 1 aromatic heterocycles. The van der Waals surface area contributed by atoms with Gasteiger partial charge in [0.15, 0.2) is 0 Å². The molecule has 0 unspecified atom stereocenters. The molecule has 1 aliphatic rings. The topological polar surface area (TPSA) is 55.2 Å². The number of halogens is 1. The van der Waals surface area contributed by atoms with Gasteiger partial charge in [-0.05, 0) is 24.8 Å². The molecule has 0 amide bonds. The van der Waals surface area contributed by atoms with Crippen LogP contribution in [-0.2, 0) is 23.5 Å². The molecule has 22 heavy (non-hydrogen) atoms. The molecule has 118 valence electrons. The van der Waals surface area contributed by atoms with Crippen molar-refractivity contribution < 1.29 is 8.42 Å². The first kappa shape index (κ1) is 15.5. The van der Waals surface area contributed by atoms with E-state index in [0.29, 0.717) is 13.0 Å². The Morgan fingerprint density at radius 1 is 1.32 bits per heavy atom. The monoisotopic (exact) mass is 339 g/mol. The molecule has 0 spiro atoms. The molecule has 1 fully saturated rings. The second-order valence-corrected chi connectivity index (χ2v) is 7.72. The summed E-state index contributed by atoms with van der Waals surface area (Å²) < 4.78 is 28.7. The van der Waals surface area contributed by atoms with Gasteiger partial charge in [-0.3, -0.25) is 0 Å². The highest BCUT2D eigenvalue weighted by Gasteiger charge is 2.37. The predicted molar refractivity (Wildman–Crippen MR) is 85.3 cm³/mol. The van der Waals surface area contributed by atoms with Crippen molar-refractivity contribution in [3.8, 4) is 0 Å². The van der Waals surface area contributed by atoms with Gasteiger partial charge >= 0.3 is 0 Å². The third-order valence-electron chi connectivity index (χ3n) is 4.02. The van der Waals surface area contributed by atoms with Crippen LogP contribution in [0.25, 0.3) is 0 Å². The highest BCUT2D eigenvalue weighted by atomic mass is 35.5. The number of rotatable bonds is 4. The Morgan fingerprint density at radius 3 is 2.68 bits per heavy atom. The predicted octanol–water partition coefficient (Wildman–Crippen LogP) is 2.47. The number of aryl methyl sites for hydroxylation is 1. The minimum atomic E-state index is -3.65. The molecule has 1 aliphatic heterocycles. The van der Waals surface area contributed by atoms with Crippen LogP contribution in [0.5, 0.6) is 0 Å². The van der Waals surface area contributed by atoms with E-state index in [1.165, 1.54) is 10.9 Å². The van der Waals surface area contributed by atoms with Gasteiger partial charge < -0.3 is 4.57 Å². The van der Waals surface area contributed by atoms with Crippen LogP contribution < -0.4 is 0 Å². The van der Waals surface area contributed by atoms with E-state index < -0.39 is 10.0 Å². The number of hydrogen-bond acceptors (Lipinski definition) is 3. The molecule has 0 radical (unpaired) electrons. The van der Waals surface area contributed by atoms with Crippen molar-refractivity contribution in [2.45, 2.75) is 30.3 Å². The van der Waals surface area contributed by atoms with Crippen LogP contribution in [-0.4, -0.2) is 34.9 Å². The van der Waals surface area contributed by atoms with Gasteiger partial charge in [-0.2, -0.15) is 4.31 Å². The first-order chi connectivity index (χ1) is 10.5. The molecule has 1 aromatic carbocycles. The lowest BCUT2D eigenvalue weighted by Crippen LogP contribution is -2.37. The summed E-state index contributed by atoms with van der Waals surface area (Å²) in [5.74, 6) is 0. The Balaban J connectivity index is 1.88. The van der Waals surface area contributed by atoms with Crippen LogP contribution in [0.2, 0.25) is 5.15 Å². The Hall–Kier alpha value is -1.37. The average Bonchev–Trinajstić information content (AvgIpc) is 3.09. The molecular formula is C15H18ClN3O2S. The molecule has 0 saturated carbocycles. The quantitative estimate of drug-likeness (QED) is 0.859. The van der Waals surface area contributed by atoms with Crippen LogP contribution in [0.1, 0.15) is 18.4 Å². The van der Waals surface area contributed by atoms with Crippen molar-refractivity contribution >= 4 is 21.6 Å². The van der Waals surface area contributed by atoms with Crippen molar-refractivity contribution in [1.29, 1.82) is 0 Å². The number of hydrogen-bond donors (Lipinski definition) is 0. The molecule has 0 bridgehead atoms. The van der Waals surface area contributed by atoms with E-state index in [1.54, 1.807) is 11.4 Å². The van der Waals surface area contributed by atoms with Crippen molar-refractivity contribution in [1.82, 2.24) is 13.9 Å². The maximum Gasteiger partial charge on any atom is 0.263 e. The maximum absolute atomic E-state index is 12.8. The van der Waals surface area contributed by atoms with Crippen molar-refractivity contribution in [3.63, 3.8) is 0 Å². The average molecular weight is 340 g/mol. The van der Waals surface area contributed by atoms with E-state index in [1.807, 2.05) is 30.3 Å². The lowest BCUT2D eigenvalue weighted by molar-refractivity contribution is 0.384. The van der Waals surface area contributed by atoms with Gasteiger partial charge in [0.05, 0.1) is 6.33 Å². The number of aromatic nitrogens is 2. The third kappa shape index (κ3) is 2.78. The van der Waals surface area contributed by atoms with Gasteiger partial charge in [-0.15, -0.1) is 0 Å². The Labute approximate surface area is 135 Å². The fourth-order valence-electron chi connectivity index (χ4n) is 2.89. The zero-order valence-corrected chi connectivity index (χ0v) is 13.9. The molecular weight excluding hydrogens is 322 g/mol. The van der Waals surface area contributed by atoms with E-state index in [2.05, 4.69) is 4.98 Å². The van der Waals surface area contributed by atoms with Crippen molar-refractivity contribution in [2.24, 2.45) is 7.05 Å². The number of sulfonamides is 1. The largest absolute Gasteiger partial charge is 0.324 e. The molecule has 1 saturated heterocycles. The molecule has 1 atom stereocenters. The summed E-state index contributed by atoms with van der Waals surface area (Å²) in [6.45, 7) is 0.521. The Bertz CT molecular complexity index is 758. The second kappa shape index (κ2) is 6.02. The number of nitrogens with zero attached hydrogens (tertiary/aromatic N) is 3. The zero-order valence-electron chi connectivity index (χ0n) is 12.3. The summed E-state index contributed by atoms with van der Waals surface area (Å²) in [7, 11) is -1.97. The molecule has 7 heteroatoms. The van der Waals surface area contributed by atoms with Crippen LogP contribution in [0.15, 0.2) is 41.7 Å². The minimum Gasteiger partial charge on any atom is -0.324 e. The molecule has 0 aliphatic carbocycles. The van der Waals surface area contributed by atoms with E-state index in [4.69, 9.17) is 11.6 Å². The fraction of sp³-hybridized carbons (Fsp3) is 0.400. The first-order valence-electron chi connectivity index (χ1n) is 7.22. The highest BCUT2D eigenvalue weighted by molar-refractivity contribution is 7.89. The third-order valence-corrected chi connectivity index (χ3v) is 6.47. The summed E-state index contributed by atoms with van der Waals surface area (Å²) >= 11 is 6.07. The van der Waals surface area contributed by atoms with Gasteiger partial charge in [-0.25, -0.2) is 13.4 Å². The van der Waals surface area contributed by atoms with Gasteiger partial charge in [0.25, 0.3) is 10.0 Å². The summed E-state index contributed by atoms with van der Waals surface area (Å²) in [5, 5.41) is 0.113. The standard InChI is InChI=1S/C15H18ClN3O2S/c1-18-11-17-15(14(18)16)22(20,21)19-9-5-8-13(19)10-12-6-3-2-4-7-12/h2-4,6-7,11,13H,5,8-10H2,1H3/t13-/m1/s1. The van der Waals surface area contributed by atoms with Crippen LogP contribution >= 0.6 is 11.6 Å². The summed E-state index contributed by atoms with van der Waals surface area (Å²) in [6, 6.07) is 9.91. The second-order valence-electron chi connectivity index (χ2n) is 5.55.